The van der Waals surface area contributed by atoms with Crippen molar-refractivity contribution in [1.29, 1.82) is 0 Å². The van der Waals surface area contributed by atoms with Crippen LogP contribution in [0.3, 0.4) is 0 Å². The molecule has 24 heavy (non-hydrogen) atoms. The van der Waals surface area contributed by atoms with Crippen LogP contribution in [0.2, 0.25) is 0 Å². The summed E-state index contributed by atoms with van der Waals surface area (Å²) in [5, 5.41) is 9.53. The normalized spacial score (nSPS) is 22.8. The maximum Gasteiger partial charge on any atom is 0.264 e. The van der Waals surface area contributed by atoms with Crippen molar-refractivity contribution in [2.75, 3.05) is 19.3 Å². The maximum atomic E-state index is 12.4. The van der Waals surface area contributed by atoms with E-state index in [4.69, 9.17) is 0 Å². The number of nitrogens with one attached hydrogen (secondary N) is 2. The Bertz CT molecular complexity index is 781. The minimum Gasteiger partial charge on any atom is -0.353 e. The van der Waals surface area contributed by atoms with Crippen LogP contribution in [0.25, 0.3) is 0 Å². The number of aromatic amines is 1. The van der Waals surface area contributed by atoms with Gasteiger partial charge in [-0.25, -0.2) is 17.8 Å². The van der Waals surface area contributed by atoms with Gasteiger partial charge in [-0.3, -0.25) is 9.59 Å². The number of sulfonamides is 1. The van der Waals surface area contributed by atoms with E-state index in [2.05, 4.69) is 15.5 Å². The highest BCUT2D eigenvalue weighted by molar-refractivity contribution is 7.88. The summed E-state index contributed by atoms with van der Waals surface area (Å²) in [6.45, 7) is 0.785. The van der Waals surface area contributed by atoms with E-state index in [1.165, 1.54) is 10.6 Å². The van der Waals surface area contributed by atoms with Crippen LogP contribution in [-0.4, -0.2) is 54.2 Å². The number of piperidine rings is 1. The van der Waals surface area contributed by atoms with Crippen molar-refractivity contribution in [3.63, 3.8) is 0 Å². The maximum absolute atomic E-state index is 12.4. The summed E-state index contributed by atoms with van der Waals surface area (Å²) in [5.74, 6) is -0.170. The van der Waals surface area contributed by atoms with Gasteiger partial charge in [-0.05, 0) is 37.7 Å². The van der Waals surface area contributed by atoms with Crippen molar-refractivity contribution in [1.82, 2.24) is 19.8 Å². The van der Waals surface area contributed by atoms with Gasteiger partial charge in [0.25, 0.3) is 5.56 Å². The van der Waals surface area contributed by atoms with Crippen LogP contribution < -0.4 is 10.9 Å². The molecule has 1 aromatic rings. The number of nitrogens with zero attached hydrogens (tertiary/aromatic N) is 2. The summed E-state index contributed by atoms with van der Waals surface area (Å²) >= 11 is 0. The van der Waals surface area contributed by atoms with Crippen LogP contribution in [0.1, 0.15) is 30.5 Å². The zero-order valence-electron chi connectivity index (χ0n) is 13.6. The zero-order chi connectivity index (χ0) is 17.3. The molecule has 2 N–H and O–H groups in total. The van der Waals surface area contributed by atoms with E-state index in [1.807, 2.05) is 0 Å². The van der Waals surface area contributed by atoms with Crippen LogP contribution >= 0.6 is 0 Å². The fourth-order valence-corrected chi connectivity index (χ4v) is 4.31. The van der Waals surface area contributed by atoms with Crippen molar-refractivity contribution < 1.29 is 13.2 Å². The second kappa shape index (κ2) is 6.64. The van der Waals surface area contributed by atoms with E-state index in [0.29, 0.717) is 32.4 Å². The van der Waals surface area contributed by atoms with Gasteiger partial charge >= 0.3 is 0 Å². The van der Waals surface area contributed by atoms with Crippen LogP contribution in [-0.2, 0) is 27.7 Å². The fourth-order valence-electron chi connectivity index (χ4n) is 3.43. The summed E-state index contributed by atoms with van der Waals surface area (Å²) in [6.07, 6.45) is 4.42. The molecule has 1 atom stereocenters. The van der Waals surface area contributed by atoms with E-state index in [9.17, 15) is 18.0 Å². The number of amides is 1. The summed E-state index contributed by atoms with van der Waals surface area (Å²) < 4.78 is 24.5. The Kier molecular flexibility index (Phi) is 4.73. The lowest BCUT2D eigenvalue weighted by atomic mass is 9.91. The van der Waals surface area contributed by atoms with Crippen LogP contribution in [0.4, 0.5) is 0 Å². The molecule has 3 rings (SSSR count). The van der Waals surface area contributed by atoms with Gasteiger partial charge in [0, 0.05) is 31.1 Å². The molecule has 1 aliphatic heterocycles. The molecule has 1 saturated heterocycles. The highest BCUT2D eigenvalue weighted by Crippen LogP contribution is 2.22. The first-order valence-corrected chi connectivity index (χ1v) is 10.0. The van der Waals surface area contributed by atoms with Crippen molar-refractivity contribution in [3.05, 3.63) is 27.7 Å². The number of hydrogen-bond donors (Lipinski definition) is 2. The third kappa shape index (κ3) is 3.84. The van der Waals surface area contributed by atoms with Gasteiger partial charge in [0.1, 0.15) is 0 Å². The van der Waals surface area contributed by atoms with Gasteiger partial charge in [0.2, 0.25) is 15.9 Å². The molecule has 2 heterocycles. The SMILES string of the molecule is CS(=O)(=O)N1CCC(C(=O)NC2CCc3n[nH]c(=O)cc3C2)CC1. The van der Waals surface area contributed by atoms with E-state index in [1.54, 1.807) is 6.07 Å². The summed E-state index contributed by atoms with van der Waals surface area (Å²) in [7, 11) is -3.18. The van der Waals surface area contributed by atoms with Crippen LogP contribution in [0.5, 0.6) is 0 Å². The lowest BCUT2D eigenvalue weighted by Crippen LogP contribution is -2.46. The Labute approximate surface area is 140 Å². The highest BCUT2D eigenvalue weighted by Gasteiger charge is 2.30. The smallest absolute Gasteiger partial charge is 0.264 e. The number of aryl methyl sites for hydroxylation is 1. The molecule has 0 saturated carbocycles. The van der Waals surface area contributed by atoms with Gasteiger partial charge in [0.15, 0.2) is 0 Å². The molecule has 1 amide bonds. The first kappa shape index (κ1) is 17.1. The molecule has 2 aliphatic rings. The number of carbonyl (C=O) groups is 1. The molecule has 0 spiro atoms. The third-order valence-corrected chi connectivity index (χ3v) is 6.12. The van der Waals surface area contributed by atoms with Crippen molar-refractivity contribution in [2.45, 2.75) is 38.1 Å². The number of fused-ring (bicyclic) bond motifs is 1. The lowest BCUT2D eigenvalue weighted by molar-refractivity contribution is -0.126. The Balaban J connectivity index is 1.56. The van der Waals surface area contributed by atoms with Gasteiger partial charge in [-0.2, -0.15) is 5.10 Å². The standard InChI is InChI=1S/C15H22N4O4S/c1-24(22,23)19-6-4-10(5-7-19)15(21)16-12-2-3-13-11(8-12)9-14(20)18-17-13/h9-10,12H,2-8H2,1H3,(H,16,21)(H,18,20). The van der Waals surface area contributed by atoms with Crippen molar-refractivity contribution in [2.24, 2.45) is 5.92 Å². The molecule has 0 bridgehead atoms. The van der Waals surface area contributed by atoms with Gasteiger partial charge < -0.3 is 5.32 Å². The average Bonchev–Trinajstić information content (AvgIpc) is 2.53. The first-order valence-electron chi connectivity index (χ1n) is 8.16. The second-order valence-electron chi connectivity index (χ2n) is 6.59. The van der Waals surface area contributed by atoms with Crippen molar-refractivity contribution >= 4 is 15.9 Å². The summed E-state index contributed by atoms with van der Waals surface area (Å²) in [4.78, 5) is 23.8. The number of aromatic nitrogens is 2. The lowest BCUT2D eigenvalue weighted by Gasteiger charge is -2.31. The summed E-state index contributed by atoms with van der Waals surface area (Å²) in [6, 6.07) is 1.55. The van der Waals surface area contributed by atoms with Gasteiger partial charge in [-0.15, -0.1) is 0 Å². The molecule has 1 aliphatic carbocycles. The predicted molar refractivity (Wildman–Crippen MR) is 88.0 cm³/mol. The molecular weight excluding hydrogens is 332 g/mol. The van der Waals surface area contributed by atoms with Crippen LogP contribution in [0.15, 0.2) is 10.9 Å². The van der Waals surface area contributed by atoms with E-state index in [-0.39, 0.29) is 23.4 Å². The van der Waals surface area contributed by atoms with E-state index in [0.717, 1.165) is 24.1 Å². The molecule has 1 aromatic heterocycles. The second-order valence-corrected chi connectivity index (χ2v) is 8.57. The van der Waals surface area contributed by atoms with E-state index >= 15 is 0 Å². The van der Waals surface area contributed by atoms with E-state index < -0.39 is 10.0 Å². The molecule has 0 aromatic carbocycles. The largest absolute Gasteiger partial charge is 0.353 e. The topological polar surface area (TPSA) is 112 Å². The zero-order valence-corrected chi connectivity index (χ0v) is 14.4. The predicted octanol–water partition coefficient (Wildman–Crippen LogP) is -0.585. The third-order valence-electron chi connectivity index (χ3n) is 4.81. The molecule has 9 heteroatoms. The average molecular weight is 354 g/mol. The minimum absolute atomic E-state index is 0.00142. The fraction of sp³-hybridized carbons (Fsp3) is 0.667. The number of hydrogen-bond acceptors (Lipinski definition) is 5. The highest BCUT2D eigenvalue weighted by atomic mass is 32.2. The Morgan fingerprint density at radius 3 is 2.71 bits per heavy atom. The molecule has 8 nitrogen and oxygen atoms in total. The molecular formula is C15H22N4O4S. The quantitative estimate of drug-likeness (QED) is 0.754. The number of H-pyrrole nitrogens is 1. The van der Waals surface area contributed by atoms with Gasteiger partial charge in [-0.1, -0.05) is 0 Å². The molecule has 0 radical (unpaired) electrons. The molecule has 1 fully saturated rings. The van der Waals surface area contributed by atoms with Gasteiger partial charge in [0.05, 0.1) is 11.9 Å². The van der Waals surface area contributed by atoms with Crippen molar-refractivity contribution in [3.8, 4) is 0 Å². The Morgan fingerprint density at radius 1 is 1.33 bits per heavy atom. The summed E-state index contributed by atoms with van der Waals surface area (Å²) in [5.41, 5.74) is 1.55. The molecule has 1 unspecified atom stereocenters. The number of carbonyl (C=O) groups excluding carboxylic acids is 1. The minimum atomic E-state index is -3.18. The first-order chi connectivity index (χ1) is 11.3. The Morgan fingerprint density at radius 2 is 2.04 bits per heavy atom. The van der Waals surface area contributed by atoms with Crippen LogP contribution in [0, 0.1) is 5.92 Å². The monoisotopic (exact) mass is 354 g/mol. The Hall–Kier alpha value is -1.74. The molecule has 132 valence electrons. The number of rotatable bonds is 3.